The zero-order valence-corrected chi connectivity index (χ0v) is 4.55. The minimum absolute atomic E-state index is 0.185. The van der Waals surface area contributed by atoms with Crippen molar-refractivity contribution in [3.63, 3.8) is 0 Å². The summed E-state index contributed by atoms with van der Waals surface area (Å²) in [5.41, 5.74) is 0. The van der Waals surface area contributed by atoms with Gasteiger partial charge >= 0.3 is 0 Å². The Labute approximate surface area is 33.4 Å². The summed E-state index contributed by atoms with van der Waals surface area (Å²) < 4.78 is 9.10. The van der Waals surface area contributed by atoms with Gasteiger partial charge in [0.2, 0.25) is 9.03 Å². The molecule has 0 aliphatic heterocycles. The molecular weight excluding hydrogens is 87.0 g/mol. The summed E-state index contributed by atoms with van der Waals surface area (Å²) in [7, 11) is 3.06. The van der Waals surface area contributed by atoms with Crippen LogP contribution in [0.2, 0.25) is 0 Å². The molecule has 0 spiro atoms. The summed E-state index contributed by atoms with van der Waals surface area (Å²) in [6.07, 6.45) is 0. The van der Waals surface area contributed by atoms with Gasteiger partial charge in [0.05, 0.1) is 14.2 Å². The predicted octanol–water partition coefficient (Wildman–Crippen LogP) is 0.520. The van der Waals surface area contributed by atoms with Gasteiger partial charge < -0.3 is 0 Å². The van der Waals surface area contributed by atoms with Crippen LogP contribution in [0.25, 0.3) is 0 Å². The molecule has 0 saturated heterocycles. The van der Waals surface area contributed by atoms with Crippen molar-refractivity contribution in [3.8, 4) is 0 Å². The summed E-state index contributed by atoms with van der Waals surface area (Å²) in [5.74, 6) is 0. The first-order valence-electron chi connectivity index (χ1n) is 1.29. The van der Waals surface area contributed by atoms with Crippen LogP contribution in [-0.2, 0) is 9.05 Å². The van der Waals surface area contributed by atoms with Gasteiger partial charge in [-0.1, -0.05) is 0 Å². The average molecular weight is 95.1 g/mol. The van der Waals surface area contributed by atoms with E-state index in [4.69, 9.17) is 0 Å². The van der Waals surface area contributed by atoms with E-state index in [2.05, 4.69) is 9.05 Å². The molecule has 2 nitrogen and oxygen atoms in total. The summed E-state index contributed by atoms with van der Waals surface area (Å²) in [6.45, 7) is 0. The lowest BCUT2D eigenvalue weighted by atomic mass is 11.8. The van der Waals surface area contributed by atoms with Crippen LogP contribution < -0.4 is 0 Å². The van der Waals surface area contributed by atoms with E-state index in [1.165, 1.54) is 0 Å². The Bertz CT molecular complexity index is 15.1. The third-order valence-corrected chi connectivity index (χ3v) is 0.577. The first-order valence-corrected chi connectivity index (χ1v) is 2.23. The third kappa shape index (κ3) is 4.35. The van der Waals surface area contributed by atoms with Crippen molar-refractivity contribution in [3.05, 3.63) is 0 Å². The maximum Gasteiger partial charge on any atom is 0.250 e. The molecule has 0 unspecified atom stereocenters. The molecule has 3 heteroatoms. The number of rotatable bonds is 2. The highest BCUT2D eigenvalue weighted by atomic mass is 31.1. The van der Waals surface area contributed by atoms with Crippen LogP contribution in [0, 0.1) is 0 Å². The fourth-order valence-electron chi connectivity index (χ4n) is 0.0962. The molecule has 0 aliphatic carbocycles. The van der Waals surface area contributed by atoms with E-state index in [0.717, 1.165) is 0 Å². The van der Waals surface area contributed by atoms with Gasteiger partial charge in [-0.2, -0.15) is 0 Å². The van der Waals surface area contributed by atoms with Gasteiger partial charge in [-0.15, -0.1) is 0 Å². The standard InChI is InChI=1S/C2H8O2P/c1-3-5-4-2/h5H2,1-2H3/q+1. The molecule has 0 aliphatic rings. The fraction of sp³-hybridized carbons (Fsp3) is 1.00. The zero-order chi connectivity index (χ0) is 4.12. The summed E-state index contributed by atoms with van der Waals surface area (Å²) in [6, 6.07) is 0. The first-order chi connectivity index (χ1) is 2.41. The number of hydrogen-bond acceptors (Lipinski definition) is 2. The van der Waals surface area contributed by atoms with E-state index in [1.54, 1.807) is 14.2 Å². The molecule has 32 valence electrons. The Morgan fingerprint density at radius 1 is 1.20 bits per heavy atom. The Hall–Kier alpha value is 0.350. The summed E-state index contributed by atoms with van der Waals surface area (Å²) in [4.78, 5) is 0. The second-order valence-corrected chi connectivity index (χ2v) is 1.70. The molecule has 0 bridgehead atoms. The van der Waals surface area contributed by atoms with Crippen LogP contribution in [0.15, 0.2) is 0 Å². The minimum atomic E-state index is -0.185. The highest BCUT2D eigenvalue weighted by molar-refractivity contribution is 7.26. The topological polar surface area (TPSA) is 18.5 Å². The fourth-order valence-corrected chi connectivity index (χ4v) is 0.289. The van der Waals surface area contributed by atoms with Gasteiger partial charge in [-0.25, -0.2) is 9.05 Å². The number of hydrogen-bond donors (Lipinski definition) is 0. The molecule has 0 radical (unpaired) electrons. The highest BCUT2D eigenvalue weighted by Crippen LogP contribution is 2.05. The maximum atomic E-state index is 4.55. The van der Waals surface area contributed by atoms with Gasteiger partial charge in [0, 0.05) is 0 Å². The molecule has 0 rings (SSSR count). The zero-order valence-electron chi connectivity index (χ0n) is 3.39. The first kappa shape index (κ1) is 5.35. The molecule has 0 heterocycles. The van der Waals surface area contributed by atoms with E-state index in [0.29, 0.717) is 0 Å². The van der Waals surface area contributed by atoms with Crippen LogP contribution in [0.5, 0.6) is 0 Å². The Morgan fingerprint density at radius 2 is 1.60 bits per heavy atom. The largest absolute Gasteiger partial charge is 0.250 e. The quantitative estimate of drug-likeness (QED) is 0.465. The molecule has 0 aromatic rings. The molecule has 0 fully saturated rings. The van der Waals surface area contributed by atoms with E-state index >= 15 is 0 Å². The predicted molar refractivity (Wildman–Crippen MR) is 23.7 cm³/mol. The highest BCUT2D eigenvalue weighted by Gasteiger charge is 1.74. The van der Waals surface area contributed by atoms with E-state index in [1.807, 2.05) is 0 Å². The Kier molecular flexibility index (Phi) is 4.65. The SMILES string of the molecule is CO[PH2+]OC. The van der Waals surface area contributed by atoms with Crippen LogP contribution in [0.3, 0.4) is 0 Å². The van der Waals surface area contributed by atoms with E-state index in [-0.39, 0.29) is 9.03 Å². The monoisotopic (exact) mass is 95.0 g/mol. The van der Waals surface area contributed by atoms with Crippen molar-refractivity contribution >= 4 is 9.03 Å². The second-order valence-electron chi connectivity index (χ2n) is 0.568. The lowest BCUT2D eigenvalue weighted by Gasteiger charge is -1.76. The maximum absolute atomic E-state index is 4.55. The van der Waals surface area contributed by atoms with Gasteiger partial charge in [-0.3, -0.25) is 0 Å². The van der Waals surface area contributed by atoms with Gasteiger partial charge in [-0.05, 0) is 0 Å². The van der Waals surface area contributed by atoms with Gasteiger partial charge in [0.25, 0.3) is 0 Å². The van der Waals surface area contributed by atoms with Crippen LogP contribution >= 0.6 is 9.03 Å². The molecule has 0 N–H and O–H groups in total. The van der Waals surface area contributed by atoms with Crippen molar-refractivity contribution in [1.29, 1.82) is 0 Å². The molecular formula is C2H8O2P+. The molecule has 5 heavy (non-hydrogen) atoms. The molecule has 0 amide bonds. The summed E-state index contributed by atoms with van der Waals surface area (Å²) in [5, 5.41) is 0. The lowest BCUT2D eigenvalue weighted by molar-refractivity contribution is 0.362. The molecule has 0 saturated carbocycles. The Morgan fingerprint density at radius 3 is 1.60 bits per heavy atom. The van der Waals surface area contributed by atoms with Gasteiger partial charge in [0.15, 0.2) is 0 Å². The molecule has 0 aromatic heterocycles. The van der Waals surface area contributed by atoms with Gasteiger partial charge in [0.1, 0.15) is 0 Å². The van der Waals surface area contributed by atoms with Crippen molar-refractivity contribution in [2.45, 2.75) is 0 Å². The van der Waals surface area contributed by atoms with Crippen LogP contribution in [-0.4, -0.2) is 14.2 Å². The minimum Gasteiger partial charge on any atom is -0.215 e. The average Bonchev–Trinajstić information content (AvgIpc) is 1.41. The summed E-state index contributed by atoms with van der Waals surface area (Å²) >= 11 is 0. The van der Waals surface area contributed by atoms with Crippen LogP contribution in [0.4, 0.5) is 0 Å². The molecule has 0 atom stereocenters. The smallest absolute Gasteiger partial charge is 0.215 e. The van der Waals surface area contributed by atoms with Crippen molar-refractivity contribution in [2.75, 3.05) is 14.2 Å². The van der Waals surface area contributed by atoms with Crippen molar-refractivity contribution in [2.24, 2.45) is 0 Å². The van der Waals surface area contributed by atoms with E-state index in [9.17, 15) is 0 Å². The normalized spacial score (nSPS) is 8.40. The van der Waals surface area contributed by atoms with Crippen molar-refractivity contribution < 1.29 is 9.05 Å². The van der Waals surface area contributed by atoms with Crippen LogP contribution in [0.1, 0.15) is 0 Å². The lowest BCUT2D eigenvalue weighted by Crippen LogP contribution is -1.60. The second kappa shape index (κ2) is 4.35. The third-order valence-electron chi connectivity index (χ3n) is 0.192. The van der Waals surface area contributed by atoms with Crippen molar-refractivity contribution in [1.82, 2.24) is 0 Å². The Balaban J connectivity index is 2.19. The molecule has 0 aromatic carbocycles. The van der Waals surface area contributed by atoms with E-state index < -0.39 is 0 Å².